The van der Waals surface area contributed by atoms with E-state index < -0.39 is 12.1 Å². The fourth-order valence-electron chi connectivity index (χ4n) is 1.82. The fourth-order valence-corrected chi connectivity index (χ4v) is 1.95. The summed E-state index contributed by atoms with van der Waals surface area (Å²) < 4.78 is 16.3. The zero-order chi connectivity index (χ0) is 13.9. The lowest BCUT2D eigenvalue weighted by atomic mass is 10.2. The molecule has 0 saturated carbocycles. The van der Waals surface area contributed by atoms with E-state index in [1.165, 1.54) is 0 Å². The molecule has 2 aromatic carbocycles. The summed E-state index contributed by atoms with van der Waals surface area (Å²) in [5.74, 6) is 1.09. The van der Waals surface area contributed by atoms with Crippen molar-refractivity contribution in [3.05, 3.63) is 53.6 Å². The molecule has 0 spiro atoms. The lowest BCUT2D eigenvalue weighted by molar-refractivity contribution is -0.144. The smallest absolute Gasteiger partial charge is 0.356 e. The number of carbonyl (C=O) groups is 1. The van der Waals surface area contributed by atoms with Gasteiger partial charge in [0, 0.05) is 5.02 Å². The van der Waals surface area contributed by atoms with Gasteiger partial charge in [0.2, 0.25) is 6.10 Å². The molecule has 1 aliphatic rings. The Labute approximate surface area is 120 Å². The highest BCUT2D eigenvalue weighted by molar-refractivity contribution is 6.30. The highest BCUT2D eigenvalue weighted by Gasteiger charge is 2.29. The first-order chi connectivity index (χ1) is 9.72. The minimum absolute atomic E-state index is 0.128. The molecule has 0 amide bonds. The Bertz CT molecular complexity index is 624. The van der Waals surface area contributed by atoms with Gasteiger partial charge in [-0.1, -0.05) is 23.7 Å². The molecule has 0 bridgehead atoms. The van der Waals surface area contributed by atoms with Gasteiger partial charge in [-0.3, -0.25) is 0 Å². The van der Waals surface area contributed by atoms with Gasteiger partial charge in [0.15, 0.2) is 11.5 Å². The number of hydrogen-bond donors (Lipinski definition) is 0. The second-order valence-corrected chi connectivity index (χ2v) is 4.68. The van der Waals surface area contributed by atoms with Crippen LogP contribution in [0.3, 0.4) is 0 Å². The van der Waals surface area contributed by atoms with Gasteiger partial charge in [0.1, 0.15) is 12.4 Å². The Morgan fingerprint density at radius 1 is 1.10 bits per heavy atom. The minimum atomic E-state index is -0.777. The molecule has 1 aliphatic heterocycles. The molecule has 4 nitrogen and oxygen atoms in total. The average Bonchev–Trinajstić information content (AvgIpc) is 2.49. The van der Waals surface area contributed by atoms with Gasteiger partial charge < -0.3 is 14.2 Å². The summed E-state index contributed by atoms with van der Waals surface area (Å²) in [5, 5.41) is 0.580. The van der Waals surface area contributed by atoms with Gasteiger partial charge in [-0.25, -0.2) is 4.79 Å². The predicted octanol–water partition coefficient (Wildman–Crippen LogP) is 3.09. The second-order valence-electron chi connectivity index (χ2n) is 4.24. The lowest BCUT2D eigenvalue weighted by Gasteiger charge is -2.24. The maximum Gasteiger partial charge on any atom is 0.356 e. The number of benzene rings is 2. The molecule has 5 heteroatoms. The van der Waals surface area contributed by atoms with E-state index >= 15 is 0 Å². The molecule has 0 aliphatic carbocycles. The van der Waals surface area contributed by atoms with E-state index in [0.29, 0.717) is 22.3 Å². The molecule has 2 aromatic rings. The average molecular weight is 291 g/mol. The highest BCUT2D eigenvalue weighted by atomic mass is 35.5. The van der Waals surface area contributed by atoms with Crippen LogP contribution >= 0.6 is 11.6 Å². The number of fused-ring (bicyclic) bond motifs is 1. The van der Waals surface area contributed by atoms with Crippen LogP contribution in [-0.2, 0) is 4.79 Å². The summed E-state index contributed by atoms with van der Waals surface area (Å²) in [6.07, 6.45) is -0.777. The summed E-state index contributed by atoms with van der Waals surface area (Å²) in [4.78, 5) is 12.0. The van der Waals surface area contributed by atoms with E-state index in [2.05, 4.69) is 0 Å². The van der Waals surface area contributed by atoms with Crippen LogP contribution in [0.25, 0.3) is 0 Å². The summed E-state index contributed by atoms with van der Waals surface area (Å²) >= 11 is 5.77. The monoisotopic (exact) mass is 290 g/mol. The van der Waals surface area contributed by atoms with Crippen LogP contribution in [0.15, 0.2) is 48.5 Å². The van der Waals surface area contributed by atoms with Gasteiger partial charge in [0.05, 0.1) is 0 Å². The Morgan fingerprint density at radius 3 is 2.55 bits per heavy atom. The van der Waals surface area contributed by atoms with E-state index in [9.17, 15) is 4.79 Å². The van der Waals surface area contributed by atoms with Gasteiger partial charge in [-0.2, -0.15) is 0 Å². The topological polar surface area (TPSA) is 44.8 Å². The van der Waals surface area contributed by atoms with Crippen LogP contribution in [-0.4, -0.2) is 18.7 Å². The molecule has 0 saturated heterocycles. The van der Waals surface area contributed by atoms with Gasteiger partial charge >= 0.3 is 5.97 Å². The summed E-state index contributed by atoms with van der Waals surface area (Å²) in [5.41, 5.74) is 0. The third kappa shape index (κ3) is 2.70. The quantitative estimate of drug-likeness (QED) is 0.630. The third-order valence-electron chi connectivity index (χ3n) is 2.80. The normalized spacial score (nSPS) is 16.6. The fraction of sp³-hybridized carbons (Fsp3) is 0.133. The number of para-hydroxylation sites is 2. The Morgan fingerprint density at radius 2 is 1.80 bits per heavy atom. The molecule has 1 atom stereocenters. The van der Waals surface area contributed by atoms with Gasteiger partial charge in [0.25, 0.3) is 0 Å². The molecule has 1 unspecified atom stereocenters. The third-order valence-corrected chi connectivity index (χ3v) is 3.06. The summed E-state index contributed by atoms with van der Waals surface area (Å²) in [7, 11) is 0. The summed E-state index contributed by atoms with van der Waals surface area (Å²) in [6, 6.07) is 13.7. The lowest BCUT2D eigenvalue weighted by Crippen LogP contribution is -2.39. The molecule has 0 aromatic heterocycles. The zero-order valence-electron chi connectivity index (χ0n) is 10.4. The van der Waals surface area contributed by atoms with Crippen LogP contribution in [0.5, 0.6) is 17.2 Å². The van der Waals surface area contributed by atoms with Gasteiger partial charge in [-0.05, 0) is 36.4 Å². The molecule has 0 radical (unpaired) electrons. The highest BCUT2D eigenvalue weighted by Crippen LogP contribution is 2.31. The molecule has 0 fully saturated rings. The number of carbonyl (C=O) groups excluding carboxylic acids is 1. The van der Waals surface area contributed by atoms with E-state index in [0.717, 1.165) is 0 Å². The SMILES string of the molecule is O=C(Oc1ccc(Cl)cc1)C1COc2ccccc2O1. The van der Waals surface area contributed by atoms with Crippen molar-refractivity contribution in [1.82, 2.24) is 0 Å². The Kier molecular flexibility index (Phi) is 3.48. The molecular formula is C15H11ClO4. The Hall–Kier alpha value is -2.20. The van der Waals surface area contributed by atoms with Crippen molar-refractivity contribution in [2.24, 2.45) is 0 Å². The zero-order valence-corrected chi connectivity index (χ0v) is 11.2. The first-order valence-corrected chi connectivity index (χ1v) is 6.46. The first kappa shape index (κ1) is 12.8. The molecular weight excluding hydrogens is 280 g/mol. The number of hydrogen-bond acceptors (Lipinski definition) is 4. The number of halogens is 1. The Balaban J connectivity index is 1.68. The minimum Gasteiger partial charge on any atom is -0.485 e. The van der Waals surface area contributed by atoms with Crippen molar-refractivity contribution in [2.75, 3.05) is 6.61 Å². The van der Waals surface area contributed by atoms with Crippen molar-refractivity contribution >= 4 is 17.6 Å². The van der Waals surface area contributed by atoms with E-state index in [-0.39, 0.29) is 6.61 Å². The van der Waals surface area contributed by atoms with Crippen molar-refractivity contribution in [3.8, 4) is 17.2 Å². The summed E-state index contributed by atoms with van der Waals surface area (Å²) in [6.45, 7) is 0.128. The molecule has 0 N–H and O–H groups in total. The van der Waals surface area contributed by atoms with Crippen molar-refractivity contribution in [3.63, 3.8) is 0 Å². The van der Waals surface area contributed by atoms with Crippen LogP contribution in [0.4, 0.5) is 0 Å². The second kappa shape index (κ2) is 5.43. The molecule has 1 heterocycles. The van der Waals surface area contributed by atoms with Crippen LogP contribution in [0.2, 0.25) is 5.02 Å². The van der Waals surface area contributed by atoms with Crippen LogP contribution in [0, 0.1) is 0 Å². The maximum atomic E-state index is 12.0. The van der Waals surface area contributed by atoms with Crippen LogP contribution < -0.4 is 14.2 Å². The number of esters is 1. The standard InChI is InChI=1S/C15H11ClO4/c16-10-5-7-11(8-6-10)19-15(17)14-9-18-12-3-1-2-4-13(12)20-14/h1-8,14H,9H2. The molecule has 102 valence electrons. The number of rotatable bonds is 2. The van der Waals surface area contributed by atoms with Crippen molar-refractivity contribution in [1.29, 1.82) is 0 Å². The van der Waals surface area contributed by atoms with E-state index in [1.54, 1.807) is 36.4 Å². The van der Waals surface area contributed by atoms with Crippen molar-refractivity contribution < 1.29 is 19.0 Å². The van der Waals surface area contributed by atoms with Gasteiger partial charge in [-0.15, -0.1) is 0 Å². The first-order valence-electron chi connectivity index (χ1n) is 6.08. The van der Waals surface area contributed by atoms with Crippen molar-refractivity contribution in [2.45, 2.75) is 6.10 Å². The van der Waals surface area contributed by atoms with E-state index in [1.807, 2.05) is 12.1 Å². The maximum absolute atomic E-state index is 12.0. The largest absolute Gasteiger partial charge is 0.485 e. The molecule has 3 rings (SSSR count). The van der Waals surface area contributed by atoms with E-state index in [4.69, 9.17) is 25.8 Å². The molecule has 20 heavy (non-hydrogen) atoms. The predicted molar refractivity (Wildman–Crippen MR) is 73.4 cm³/mol. The number of ether oxygens (including phenoxy) is 3. The van der Waals surface area contributed by atoms with Crippen LogP contribution in [0.1, 0.15) is 0 Å².